The quantitative estimate of drug-likeness (QED) is 0.159. The van der Waals surface area contributed by atoms with Crippen LogP contribution >= 0.6 is 60.1 Å². The van der Waals surface area contributed by atoms with Crippen molar-refractivity contribution in [2.75, 3.05) is 0 Å². The predicted molar refractivity (Wildman–Crippen MR) is 128 cm³/mol. The Morgan fingerprint density at radius 3 is 1.18 bits per heavy atom. The highest BCUT2D eigenvalue weighted by Crippen LogP contribution is 2.39. The lowest BCUT2D eigenvalue weighted by Crippen LogP contribution is -1.78. The van der Waals surface area contributed by atoms with E-state index in [-0.39, 0.29) is 23.0 Å². The van der Waals surface area contributed by atoms with Crippen molar-refractivity contribution in [3.05, 3.63) is 69.6 Å². The van der Waals surface area contributed by atoms with Gasteiger partial charge in [0, 0.05) is 49.8 Å². The second-order valence-corrected chi connectivity index (χ2v) is 7.25. The molecule has 4 aromatic carbocycles. The summed E-state index contributed by atoms with van der Waals surface area (Å²) >= 11 is 11.9. The summed E-state index contributed by atoms with van der Waals surface area (Å²) in [6.45, 7) is 0. The summed E-state index contributed by atoms with van der Waals surface area (Å²) in [4.78, 5) is 0. The van der Waals surface area contributed by atoms with Crippen molar-refractivity contribution < 1.29 is 20.4 Å². The lowest BCUT2D eigenvalue weighted by molar-refractivity contribution is 0.472. The van der Waals surface area contributed by atoms with Gasteiger partial charge in [0.25, 0.3) is 0 Å². The van der Waals surface area contributed by atoms with Gasteiger partial charge in [0.15, 0.2) is 0 Å². The Morgan fingerprint density at radius 2 is 0.821 bits per heavy atom. The maximum absolute atomic E-state index is 9.70. The van der Waals surface area contributed by atoms with Crippen molar-refractivity contribution in [3.8, 4) is 23.0 Å². The second-order valence-electron chi connectivity index (χ2n) is 5.54. The number of phenols is 4. The lowest BCUT2D eigenvalue weighted by Gasteiger charge is -2.06. The van der Waals surface area contributed by atoms with Crippen LogP contribution in [-0.2, 0) is 0 Å². The Labute approximate surface area is 193 Å². The topological polar surface area (TPSA) is 80.9 Å². The Bertz CT molecular complexity index is 1030. The number of halogens is 4. The van der Waals surface area contributed by atoms with Crippen LogP contribution in [0.4, 0.5) is 0 Å². The van der Waals surface area contributed by atoms with Crippen LogP contribution in [0.25, 0.3) is 21.5 Å². The fourth-order valence-electron chi connectivity index (χ4n) is 2.60. The van der Waals surface area contributed by atoms with E-state index in [1.807, 2.05) is 0 Å². The molecule has 0 fully saturated rings. The molecule has 0 heterocycles. The van der Waals surface area contributed by atoms with Crippen LogP contribution in [0.1, 0.15) is 0 Å². The summed E-state index contributed by atoms with van der Waals surface area (Å²) < 4.78 is 1.23. The lowest BCUT2D eigenvalue weighted by atomic mass is 10.1. The van der Waals surface area contributed by atoms with Gasteiger partial charge in [-0.2, -0.15) is 0 Å². The SMILES string of the molecule is BrBr.Oc1c(Br)ccc2c(O)c(Br)ccc12.Oc1cccc2c(O)cccc12. The number of benzene rings is 4. The fourth-order valence-corrected chi connectivity index (χ4v) is 3.29. The third-order valence-corrected chi connectivity index (χ3v) is 5.20. The first kappa shape index (κ1) is 22.8. The van der Waals surface area contributed by atoms with Gasteiger partial charge in [-0.15, -0.1) is 0 Å². The van der Waals surface area contributed by atoms with E-state index in [2.05, 4.69) is 60.1 Å². The average molecular weight is 638 g/mol. The molecular weight excluding hydrogens is 624 g/mol. The maximum atomic E-state index is 9.70. The van der Waals surface area contributed by atoms with E-state index in [9.17, 15) is 20.4 Å². The number of fused-ring (bicyclic) bond motifs is 2. The maximum Gasteiger partial charge on any atom is 0.137 e. The molecule has 0 amide bonds. The third kappa shape index (κ3) is 4.92. The summed E-state index contributed by atoms with van der Waals surface area (Å²) in [6.07, 6.45) is 0. The Hall–Kier alpha value is -1.48. The molecule has 0 saturated heterocycles. The first-order valence-corrected chi connectivity index (χ1v) is 13.0. The summed E-state index contributed by atoms with van der Waals surface area (Å²) in [5.74, 6) is 0.683. The molecule has 0 atom stereocenters. The van der Waals surface area contributed by atoms with E-state index in [0.717, 1.165) is 0 Å². The average Bonchev–Trinajstić information content (AvgIpc) is 2.71. The molecule has 0 aliphatic carbocycles. The molecule has 28 heavy (non-hydrogen) atoms. The highest BCUT2D eigenvalue weighted by atomic mass is 80.9. The minimum atomic E-state index is 0.144. The molecular formula is C20H14Br4O4. The first-order chi connectivity index (χ1) is 13.4. The van der Waals surface area contributed by atoms with E-state index in [4.69, 9.17) is 0 Å². The van der Waals surface area contributed by atoms with E-state index < -0.39 is 0 Å². The molecule has 4 nitrogen and oxygen atoms in total. The number of hydrogen-bond donors (Lipinski definition) is 4. The molecule has 0 aromatic heterocycles. The minimum Gasteiger partial charge on any atom is -0.507 e. The zero-order valence-corrected chi connectivity index (χ0v) is 20.4. The molecule has 4 aromatic rings. The molecule has 0 spiro atoms. The van der Waals surface area contributed by atoms with Crippen LogP contribution in [0.3, 0.4) is 0 Å². The van der Waals surface area contributed by atoms with Crippen LogP contribution in [-0.4, -0.2) is 20.4 Å². The van der Waals surface area contributed by atoms with Crippen LogP contribution in [0, 0.1) is 0 Å². The highest BCUT2D eigenvalue weighted by molar-refractivity contribution is 9.93. The summed E-state index contributed by atoms with van der Waals surface area (Å²) in [5, 5.41) is 40.8. The largest absolute Gasteiger partial charge is 0.507 e. The number of rotatable bonds is 0. The van der Waals surface area contributed by atoms with Gasteiger partial charge >= 0.3 is 0 Å². The molecule has 0 radical (unpaired) electrons. The van der Waals surface area contributed by atoms with Crippen molar-refractivity contribution in [2.24, 2.45) is 0 Å². The third-order valence-electron chi connectivity index (χ3n) is 3.92. The fraction of sp³-hybridized carbons (Fsp3) is 0. The van der Waals surface area contributed by atoms with Gasteiger partial charge in [-0.25, -0.2) is 0 Å². The Kier molecular flexibility index (Phi) is 8.42. The zero-order valence-electron chi connectivity index (χ0n) is 14.1. The Balaban J connectivity index is 0.000000186. The van der Waals surface area contributed by atoms with Crippen molar-refractivity contribution in [1.29, 1.82) is 0 Å². The van der Waals surface area contributed by atoms with Crippen LogP contribution in [0.15, 0.2) is 69.6 Å². The highest BCUT2D eigenvalue weighted by Gasteiger charge is 2.09. The summed E-state index contributed by atoms with van der Waals surface area (Å²) in [6, 6.07) is 17.0. The molecule has 0 aliphatic heterocycles. The van der Waals surface area contributed by atoms with E-state index >= 15 is 0 Å². The molecule has 8 heteroatoms. The molecule has 4 N–H and O–H groups in total. The molecule has 0 saturated carbocycles. The summed E-state index contributed by atoms with van der Waals surface area (Å²) in [7, 11) is 0. The molecule has 4 rings (SSSR count). The zero-order chi connectivity index (χ0) is 20.8. The number of phenolic OH excluding ortho intramolecular Hbond substituents is 4. The predicted octanol–water partition coefficient (Wildman–Crippen LogP) is 7.72. The smallest absolute Gasteiger partial charge is 0.137 e. The Morgan fingerprint density at radius 1 is 0.464 bits per heavy atom. The van der Waals surface area contributed by atoms with Gasteiger partial charge in [-0.3, -0.25) is 0 Å². The van der Waals surface area contributed by atoms with E-state index in [0.29, 0.717) is 30.5 Å². The standard InChI is InChI=1S/C10H6Br2O2.C10H8O2.Br2/c11-7-3-1-5-6(10(7)14)2-4-8(12)9(5)13;11-9-5-1-3-7-8(9)4-2-6-10(7)12;1-2/h1-4,13-14H;1-6,11-12H;. The van der Waals surface area contributed by atoms with Gasteiger partial charge in [-0.1, -0.05) is 24.3 Å². The molecule has 146 valence electrons. The van der Waals surface area contributed by atoms with Gasteiger partial charge < -0.3 is 20.4 Å². The van der Waals surface area contributed by atoms with Crippen molar-refractivity contribution in [2.45, 2.75) is 0 Å². The van der Waals surface area contributed by atoms with E-state index in [1.165, 1.54) is 0 Å². The first-order valence-electron chi connectivity index (χ1n) is 7.72. The van der Waals surface area contributed by atoms with E-state index in [1.54, 1.807) is 60.7 Å². The second kappa shape index (κ2) is 10.3. The number of hydrogen-bond acceptors (Lipinski definition) is 4. The molecule has 0 unspecified atom stereocenters. The monoisotopic (exact) mass is 634 g/mol. The van der Waals surface area contributed by atoms with Crippen molar-refractivity contribution >= 4 is 81.7 Å². The van der Waals surface area contributed by atoms with Gasteiger partial charge in [0.2, 0.25) is 0 Å². The molecule has 0 bridgehead atoms. The van der Waals surface area contributed by atoms with Gasteiger partial charge in [-0.05, 0) is 68.3 Å². The van der Waals surface area contributed by atoms with Crippen molar-refractivity contribution in [1.82, 2.24) is 0 Å². The van der Waals surface area contributed by atoms with Crippen LogP contribution in [0.2, 0.25) is 0 Å². The number of aromatic hydroxyl groups is 4. The normalized spacial score (nSPS) is 10.0. The minimum absolute atomic E-state index is 0.144. The summed E-state index contributed by atoms with van der Waals surface area (Å²) in [5.41, 5.74) is 0. The molecule has 0 aliphatic rings. The van der Waals surface area contributed by atoms with Crippen molar-refractivity contribution in [3.63, 3.8) is 0 Å². The van der Waals surface area contributed by atoms with Gasteiger partial charge in [0.05, 0.1) is 8.95 Å². The van der Waals surface area contributed by atoms with Crippen LogP contribution < -0.4 is 0 Å². The van der Waals surface area contributed by atoms with Gasteiger partial charge in [0.1, 0.15) is 23.0 Å². The van der Waals surface area contributed by atoms with Crippen LogP contribution in [0.5, 0.6) is 23.0 Å².